The molecule has 2 N–H and O–H groups in total. The second kappa shape index (κ2) is 5.54. The Morgan fingerprint density at radius 2 is 2.05 bits per heavy atom. The smallest absolute Gasteiger partial charge is 0.335 e. The van der Waals surface area contributed by atoms with Gasteiger partial charge in [-0.15, -0.1) is 6.42 Å². The summed E-state index contributed by atoms with van der Waals surface area (Å²) in [4.78, 5) is 19.3. The summed E-state index contributed by atoms with van der Waals surface area (Å²) >= 11 is 0. The number of terminal acetylenes is 1. The van der Waals surface area contributed by atoms with Crippen LogP contribution in [0.5, 0.6) is 0 Å². The standard InChI is InChI=1S/C17H11N3O2/c1-2-11-4-3-5-13(8-11)20-16-14-7-6-12(17(21)22)9-15(14)18-10-19-16/h1,3-10H,(H,21,22)(H,18,19,20). The Morgan fingerprint density at radius 1 is 1.18 bits per heavy atom. The highest BCUT2D eigenvalue weighted by Gasteiger charge is 2.08. The molecule has 3 rings (SSSR count). The molecule has 0 saturated heterocycles. The highest BCUT2D eigenvalue weighted by molar-refractivity contribution is 5.97. The van der Waals surface area contributed by atoms with Gasteiger partial charge in [0.1, 0.15) is 12.1 Å². The first-order valence-electron chi connectivity index (χ1n) is 6.49. The number of hydrogen-bond donors (Lipinski definition) is 2. The Labute approximate surface area is 126 Å². The van der Waals surface area contributed by atoms with Crippen LogP contribution in [-0.4, -0.2) is 21.0 Å². The Hall–Kier alpha value is -3.39. The molecule has 106 valence electrons. The summed E-state index contributed by atoms with van der Waals surface area (Å²) in [5.41, 5.74) is 2.31. The SMILES string of the molecule is C#Cc1cccc(Nc2ncnc3cc(C(=O)O)ccc23)c1. The van der Waals surface area contributed by atoms with Gasteiger partial charge in [0.2, 0.25) is 0 Å². The number of nitrogens with zero attached hydrogens (tertiary/aromatic N) is 2. The molecule has 3 aromatic rings. The van der Waals surface area contributed by atoms with E-state index in [1.54, 1.807) is 6.07 Å². The number of carbonyl (C=O) groups is 1. The molecule has 0 aliphatic rings. The van der Waals surface area contributed by atoms with Gasteiger partial charge in [-0.05, 0) is 36.4 Å². The second-order valence-corrected chi connectivity index (χ2v) is 4.61. The van der Waals surface area contributed by atoms with E-state index in [1.165, 1.54) is 18.5 Å². The van der Waals surface area contributed by atoms with E-state index in [9.17, 15) is 4.79 Å². The monoisotopic (exact) mass is 289 g/mol. The van der Waals surface area contributed by atoms with Crippen molar-refractivity contribution in [1.29, 1.82) is 0 Å². The minimum absolute atomic E-state index is 0.187. The molecule has 0 radical (unpaired) electrons. The topological polar surface area (TPSA) is 75.1 Å². The minimum atomic E-state index is -0.989. The van der Waals surface area contributed by atoms with Gasteiger partial charge in [0, 0.05) is 16.6 Å². The maximum absolute atomic E-state index is 11.0. The van der Waals surface area contributed by atoms with Crippen LogP contribution < -0.4 is 5.32 Å². The van der Waals surface area contributed by atoms with Gasteiger partial charge < -0.3 is 10.4 Å². The molecule has 5 nitrogen and oxygen atoms in total. The first-order chi connectivity index (χ1) is 10.7. The summed E-state index contributed by atoms with van der Waals surface area (Å²) in [6.45, 7) is 0. The molecule has 0 saturated carbocycles. The third-order valence-corrected chi connectivity index (χ3v) is 3.18. The van der Waals surface area contributed by atoms with E-state index in [0.29, 0.717) is 11.3 Å². The number of hydrogen-bond acceptors (Lipinski definition) is 4. The molecule has 0 amide bonds. The van der Waals surface area contributed by atoms with Gasteiger partial charge in [-0.1, -0.05) is 12.0 Å². The highest BCUT2D eigenvalue weighted by Crippen LogP contribution is 2.24. The number of carboxylic acid groups (broad SMARTS) is 1. The lowest BCUT2D eigenvalue weighted by Gasteiger charge is -2.09. The van der Waals surface area contributed by atoms with Gasteiger partial charge in [-0.2, -0.15) is 0 Å². The summed E-state index contributed by atoms with van der Waals surface area (Å²) in [5.74, 6) is 2.18. The molecule has 0 aliphatic carbocycles. The number of nitrogens with one attached hydrogen (secondary N) is 1. The van der Waals surface area contributed by atoms with E-state index >= 15 is 0 Å². The average molecular weight is 289 g/mol. The third-order valence-electron chi connectivity index (χ3n) is 3.18. The Morgan fingerprint density at radius 3 is 2.82 bits per heavy atom. The van der Waals surface area contributed by atoms with Crippen LogP contribution in [0.3, 0.4) is 0 Å². The Kier molecular flexibility index (Phi) is 3.42. The van der Waals surface area contributed by atoms with Crippen LogP contribution in [0.15, 0.2) is 48.8 Å². The Balaban J connectivity index is 2.04. The molecule has 0 spiro atoms. The first-order valence-corrected chi connectivity index (χ1v) is 6.49. The second-order valence-electron chi connectivity index (χ2n) is 4.61. The number of aromatic carboxylic acids is 1. The lowest BCUT2D eigenvalue weighted by molar-refractivity contribution is 0.0697. The van der Waals surface area contributed by atoms with Crippen molar-refractivity contribution in [1.82, 2.24) is 9.97 Å². The molecule has 22 heavy (non-hydrogen) atoms. The zero-order valence-corrected chi connectivity index (χ0v) is 11.4. The number of benzene rings is 2. The van der Waals surface area contributed by atoms with E-state index < -0.39 is 5.97 Å². The fourth-order valence-corrected chi connectivity index (χ4v) is 2.11. The lowest BCUT2D eigenvalue weighted by atomic mass is 10.1. The van der Waals surface area contributed by atoms with Gasteiger partial charge >= 0.3 is 5.97 Å². The lowest BCUT2D eigenvalue weighted by Crippen LogP contribution is -1.99. The van der Waals surface area contributed by atoms with Crippen molar-refractivity contribution in [2.45, 2.75) is 0 Å². The van der Waals surface area contributed by atoms with Gasteiger partial charge in [-0.25, -0.2) is 14.8 Å². The predicted molar refractivity (Wildman–Crippen MR) is 84.2 cm³/mol. The molecular formula is C17H11N3O2. The number of rotatable bonds is 3. The van der Waals surface area contributed by atoms with Gasteiger partial charge in [0.05, 0.1) is 11.1 Å². The molecule has 0 unspecified atom stereocenters. The van der Waals surface area contributed by atoms with Crippen LogP contribution in [0.25, 0.3) is 10.9 Å². The molecular weight excluding hydrogens is 278 g/mol. The first kappa shape index (κ1) is 13.6. The van der Waals surface area contributed by atoms with E-state index in [1.807, 2.05) is 24.3 Å². The zero-order valence-electron chi connectivity index (χ0n) is 11.4. The number of anilines is 2. The maximum Gasteiger partial charge on any atom is 0.335 e. The van der Waals surface area contributed by atoms with E-state index in [-0.39, 0.29) is 5.56 Å². The highest BCUT2D eigenvalue weighted by atomic mass is 16.4. The van der Waals surface area contributed by atoms with Crippen molar-refractivity contribution in [3.05, 3.63) is 59.9 Å². The minimum Gasteiger partial charge on any atom is -0.478 e. The summed E-state index contributed by atoms with van der Waals surface area (Å²) in [6.07, 6.45) is 6.78. The van der Waals surface area contributed by atoms with Crippen LogP contribution in [0.1, 0.15) is 15.9 Å². The van der Waals surface area contributed by atoms with Crippen molar-refractivity contribution >= 4 is 28.4 Å². The molecule has 1 heterocycles. The van der Waals surface area contributed by atoms with Crippen LogP contribution >= 0.6 is 0 Å². The van der Waals surface area contributed by atoms with Crippen molar-refractivity contribution in [3.63, 3.8) is 0 Å². The molecule has 1 aromatic heterocycles. The number of carboxylic acids is 1. The van der Waals surface area contributed by atoms with Gasteiger partial charge in [0.15, 0.2) is 0 Å². The number of fused-ring (bicyclic) bond motifs is 1. The molecule has 0 aliphatic heterocycles. The molecule has 2 aromatic carbocycles. The zero-order chi connectivity index (χ0) is 15.5. The average Bonchev–Trinajstić information content (AvgIpc) is 2.55. The summed E-state index contributed by atoms with van der Waals surface area (Å²) in [5, 5.41) is 12.9. The van der Waals surface area contributed by atoms with E-state index in [4.69, 9.17) is 11.5 Å². The quantitative estimate of drug-likeness (QED) is 0.725. The van der Waals surface area contributed by atoms with Crippen LogP contribution in [-0.2, 0) is 0 Å². The van der Waals surface area contributed by atoms with Crippen LogP contribution in [0.4, 0.5) is 11.5 Å². The van der Waals surface area contributed by atoms with Crippen molar-refractivity contribution in [2.75, 3.05) is 5.32 Å². The summed E-state index contributed by atoms with van der Waals surface area (Å²) in [6, 6.07) is 12.1. The summed E-state index contributed by atoms with van der Waals surface area (Å²) < 4.78 is 0. The van der Waals surface area contributed by atoms with Crippen molar-refractivity contribution in [2.24, 2.45) is 0 Å². The Bertz CT molecular complexity index is 913. The molecule has 0 fully saturated rings. The fourth-order valence-electron chi connectivity index (χ4n) is 2.11. The molecule has 5 heteroatoms. The molecule has 0 atom stereocenters. The normalized spacial score (nSPS) is 10.1. The predicted octanol–water partition coefficient (Wildman–Crippen LogP) is 3.05. The van der Waals surface area contributed by atoms with Crippen molar-refractivity contribution in [3.8, 4) is 12.3 Å². The largest absolute Gasteiger partial charge is 0.478 e. The van der Waals surface area contributed by atoms with Gasteiger partial charge in [0.25, 0.3) is 0 Å². The van der Waals surface area contributed by atoms with Crippen LogP contribution in [0.2, 0.25) is 0 Å². The van der Waals surface area contributed by atoms with E-state index in [2.05, 4.69) is 21.2 Å². The third kappa shape index (κ3) is 2.58. The van der Waals surface area contributed by atoms with Crippen molar-refractivity contribution < 1.29 is 9.90 Å². The fraction of sp³-hybridized carbons (Fsp3) is 0. The van der Waals surface area contributed by atoms with Gasteiger partial charge in [-0.3, -0.25) is 0 Å². The molecule has 0 bridgehead atoms. The van der Waals surface area contributed by atoms with E-state index in [0.717, 1.165) is 16.6 Å². The maximum atomic E-state index is 11.0. The number of aromatic nitrogens is 2. The van der Waals surface area contributed by atoms with Crippen LogP contribution in [0, 0.1) is 12.3 Å². The summed E-state index contributed by atoms with van der Waals surface area (Å²) in [7, 11) is 0.